The molecule has 0 fully saturated rings. The van der Waals surface area contributed by atoms with Crippen molar-refractivity contribution in [1.82, 2.24) is 5.32 Å². The van der Waals surface area contributed by atoms with Crippen molar-refractivity contribution >= 4 is 27.3 Å². The minimum absolute atomic E-state index is 0.0243. The Kier molecular flexibility index (Phi) is 3.91. The molecule has 0 aromatic carbocycles. The quantitative estimate of drug-likeness (QED) is 0.875. The molecule has 0 aliphatic heterocycles. The Bertz CT molecular complexity index is 270. The summed E-state index contributed by atoms with van der Waals surface area (Å²) in [7, 11) is 0. The Morgan fingerprint density at radius 1 is 1.54 bits per heavy atom. The highest BCUT2D eigenvalue weighted by molar-refractivity contribution is 9.11. The maximum atomic E-state index is 5.61. The molecule has 1 aromatic heterocycles. The Labute approximate surface area is 91.7 Å². The molecular formula is C9H15BrN2S. The molecule has 0 unspecified atom stereocenters. The van der Waals surface area contributed by atoms with Crippen molar-refractivity contribution in [1.29, 1.82) is 0 Å². The van der Waals surface area contributed by atoms with Gasteiger partial charge >= 0.3 is 0 Å². The van der Waals surface area contributed by atoms with Crippen LogP contribution in [0.3, 0.4) is 0 Å². The zero-order valence-electron chi connectivity index (χ0n) is 7.93. The molecule has 0 bridgehead atoms. The normalized spacial score (nSPS) is 12.0. The van der Waals surface area contributed by atoms with E-state index in [1.165, 1.54) is 8.66 Å². The Morgan fingerprint density at radius 3 is 2.69 bits per heavy atom. The van der Waals surface area contributed by atoms with Crippen LogP contribution in [0.25, 0.3) is 0 Å². The molecule has 0 saturated heterocycles. The first-order chi connectivity index (χ1) is 6.03. The Balaban J connectivity index is 2.43. The molecule has 74 valence electrons. The number of nitrogens with two attached hydrogens (primary N) is 1. The standard InChI is InChI=1S/C9H15BrN2S/c1-9(2,6-11)12-5-7-3-4-8(10)13-7/h3-4,12H,5-6,11H2,1-2H3. The predicted octanol–water partition coefficient (Wildman–Crippen LogP) is 2.34. The topological polar surface area (TPSA) is 38.0 Å². The van der Waals surface area contributed by atoms with Crippen LogP contribution >= 0.6 is 27.3 Å². The number of hydrogen-bond acceptors (Lipinski definition) is 3. The third kappa shape index (κ3) is 3.77. The van der Waals surface area contributed by atoms with E-state index in [0.717, 1.165) is 6.54 Å². The van der Waals surface area contributed by atoms with Crippen LogP contribution in [0.5, 0.6) is 0 Å². The summed E-state index contributed by atoms with van der Waals surface area (Å²) in [6, 6.07) is 4.19. The van der Waals surface area contributed by atoms with E-state index in [9.17, 15) is 0 Å². The van der Waals surface area contributed by atoms with Crippen molar-refractivity contribution < 1.29 is 0 Å². The maximum absolute atomic E-state index is 5.61. The van der Waals surface area contributed by atoms with Gasteiger partial charge in [0.2, 0.25) is 0 Å². The molecule has 1 rings (SSSR count). The molecule has 0 saturated carbocycles. The van der Waals surface area contributed by atoms with Crippen LogP contribution in [0.2, 0.25) is 0 Å². The van der Waals surface area contributed by atoms with Crippen LogP contribution in [0.4, 0.5) is 0 Å². The summed E-state index contributed by atoms with van der Waals surface area (Å²) >= 11 is 5.19. The van der Waals surface area contributed by atoms with E-state index in [4.69, 9.17) is 5.73 Å². The lowest BCUT2D eigenvalue weighted by molar-refractivity contribution is 0.398. The van der Waals surface area contributed by atoms with Crippen LogP contribution in [-0.4, -0.2) is 12.1 Å². The SMILES string of the molecule is CC(C)(CN)NCc1ccc(Br)s1. The molecule has 1 aromatic rings. The van der Waals surface area contributed by atoms with Gasteiger partial charge < -0.3 is 11.1 Å². The second-order valence-electron chi connectivity index (χ2n) is 3.65. The van der Waals surface area contributed by atoms with E-state index in [0.29, 0.717) is 6.54 Å². The Hall–Kier alpha value is 0.1000. The molecule has 0 atom stereocenters. The predicted molar refractivity (Wildman–Crippen MR) is 62.0 cm³/mol. The average molecular weight is 263 g/mol. The first kappa shape index (κ1) is 11.2. The highest BCUT2D eigenvalue weighted by Gasteiger charge is 2.13. The van der Waals surface area contributed by atoms with Crippen molar-refractivity contribution in [2.45, 2.75) is 25.9 Å². The van der Waals surface area contributed by atoms with Crippen LogP contribution in [0, 0.1) is 0 Å². The number of thiophene rings is 1. The summed E-state index contributed by atoms with van der Waals surface area (Å²) in [5.41, 5.74) is 5.63. The van der Waals surface area contributed by atoms with Gasteiger partial charge in [0.1, 0.15) is 0 Å². The lowest BCUT2D eigenvalue weighted by Gasteiger charge is -2.23. The summed E-state index contributed by atoms with van der Waals surface area (Å²) < 4.78 is 1.18. The van der Waals surface area contributed by atoms with Crippen LogP contribution < -0.4 is 11.1 Å². The number of hydrogen-bond donors (Lipinski definition) is 2. The maximum Gasteiger partial charge on any atom is 0.0701 e. The van der Waals surface area contributed by atoms with Gasteiger partial charge in [-0.05, 0) is 41.9 Å². The van der Waals surface area contributed by atoms with E-state index in [2.05, 4.69) is 47.2 Å². The molecule has 2 nitrogen and oxygen atoms in total. The van der Waals surface area contributed by atoms with Gasteiger partial charge in [0.15, 0.2) is 0 Å². The van der Waals surface area contributed by atoms with Gasteiger partial charge in [-0.1, -0.05) is 0 Å². The molecule has 0 amide bonds. The van der Waals surface area contributed by atoms with E-state index < -0.39 is 0 Å². The average Bonchev–Trinajstić information content (AvgIpc) is 2.48. The summed E-state index contributed by atoms with van der Waals surface area (Å²) in [6.45, 7) is 5.76. The van der Waals surface area contributed by atoms with Crippen molar-refractivity contribution in [3.8, 4) is 0 Å². The lowest BCUT2D eigenvalue weighted by Crippen LogP contribution is -2.45. The van der Waals surface area contributed by atoms with E-state index in [1.807, 2.05) is 0 Å². The largest absolute Gasteiger partial charge is 0.329 e. The zero-order chi connectivity index (χ0) is 9.90. The van der Waals surface area contributed by atoms with E-state index in [1.54, 1.807) is 11.3 Å². The molecule has 0 aliphatic carbocycles. The second kappa shape index (κ2) is 4.55. The first-order valence-corrected chi connectivity index (χ1v) is 5.84. The first-order valence-electron chi connectivity index (χ1n) is 4.23. The fourth-order valence-electron chi connectivity index (χ4n) is 0.845. The van der Waals surface area contributed by atoms with Gasteiger partial charge in [0.05, 0.1) is 3.79 Å². The van der Waals surface area contributed by atoms with Crippen molar-refractivity contribution in [3.63, 3.8) is 0 Å². The summed E-state index contributed by atoms with van der Waals surface area (Å²) in [5, 5.41) is 3.40. The molecule has 0 aliphatic rings. The lowest BCUT2D eigenvalue weighted by atomic mass is 10.1. The van der Waals surface area contributed by atoms with Gasteiger partial charge in [-0.3, -0.25) is 0 Å². The number of rotatable bonds is 4. The van der Waals surface area contributed by atoms with Crippen molar-refractivity contribution in [2.75, 3.05) is 6.54 Å². The minimum atomic E-state index is 0.0243. The molecule has 0 radical (unpaired) electrons. The number of halogens is 1. The van der Waals surface area contributed by atoms with Gasteiger partial charge in [0, 0.05) is 23.5 Å². The Morgan fingerprint density at radius 2 is 2.23 bits per heavy atom. The van der Waals surface area contributed by atoms with Crippen molar-refractivity contribution in [2.24, 2.45) is 5.73 Å². The molecule has 0 spiro atoms. The molecule has 4 heteroatoms. The molecular weight excluding hydrogens is 248 g/mol. The molecule has 13 heavy (non-hydrogen) atoms. The smallest absolute Gasteiger partial charge is 0.0701 e. The summed E-state index contributed by atoms with van der Waals surface area (Å²) in [4.78, 5) is 1.33. The third-order valence-electron chi connectivity index (χ3n) is 1.88. The minimum Gasteiger partial charge on any atom is -0.329 e. The fraction of sp³-hybridized carbons (Fsp3) is 0.556. The highest BCUT2D eigenvalue weighted by Crippen LogP contribution is 2.22. The van der Waals surface area contributed by atoms with Crippen LogP contribution in [-0.2, 0) is 6.54 Å². The zero-order valence-corrected chi connectivity index (χ0v) is 10.3. The second-order valence-corrected chi connectivity index (χ2v) is 6.19. The molecule has 1 heterocycles. The third-order valence-corrected chi connectivity index (χ3v) is 3.50. The van der Waals surface area contributed by atoms with Crippen LogP contribution in [0.1, 0.15) is 18.7 Å². The summed E-state index contributed by atoms with van der Waals surface area (Å²) in [6.07, 6.45) is 0. The number of nitrogens with one attached hydrogen (secondary N) is 1. The van der Waals surface area contributed by atoms with E-state index >= 15 is 0 Å². The monoisotopic (exact) mass is 262 g/mol. The van der Waals surface area contributed by atoms with Crippen molar-refractivity contribution in [3.05, 3.63) is 20.8 Å². The van der Waals surface area contributed by atoms with Gasteiger partial charge in [-0.15, -0.1) is 11.3 Å². The van der Waals surface area contributed by atoms with E-state index in [-0.39, 0.29) is 5.54 Å². The van der Waals surface area contributed by atoms with Gasteiger partial charge in [0.25, 0.3) is 0 Å². The van der Waals surface area contributed by atoms with Gasteiger partial charge in [-0.2, -0.15) is 0 Å². The highest BCUT2D eigenvalue weighted by atomic mass is 79.9. The van der Waals surface area contributed by atoms with Crippen LogP contribution in [0.15, 0.2) is 15.9 Å². The molecule has 3 N–H and O–H groups in total. The van der Waals surface area contributed by atoms with Gasteiger partial charge in [-0.25, -0.2) is 0 Å². The summed E-state index contributed by atoms with van der Waals surface area (Å²) in [5.74, 6) is 0. The fourth-order valence-corrected chi connectivity index (χ4v) is 2.27.